The number of benzene rings is 1. The van der Waals surface area contributed by atoms with Gasteiger partial charge in [0, 0.05) is 48.3 Å². The first-order chi connectivity index (χ1) is 21.5. The summed E-state index contributed by atoms with van der Waals surface area (Å²) in [4.78, 5) is 0. The lowest BCUT2D eigenvalue weighted by atomic mass is 10.2. The lowest BCUT2D eigenvalue weighted by Crippen LogP contribution is -2.14. The van der Waals surface area contributed by atoms with Crippen molar-refractivity contribution in [3.63, 3.8) is 0 Å². The van der Waals surface area contributed by atoms with E-state index in [9.17, 15) is 5.11 Å². The van der Waals surface area contributed by atoms with Gasteiger partial charge in [0.25, 0.3) is 0 Å². The van der Waals surface area contributed by atoms with E-state index in [1.165, 1.54) is 0 Å². The van der Waals surface area contributed by atoms with Gasteiger partial charge >= 0.3 is 0 Å². The summed E-state index contributed by atoms with van der Waals surface area (Å²) in [5, 5.41) is 27.4. The minimum absolute atomic E-state index is 0.0571. The Morgan fingerprint density at radius 1 is 0.500 bits per heavy atom. The fourth-order valence-electron chi connectivity index (χ4n) is 2.48. The first-order valence-electron chi connectivity index (χ1n) is 15.1. The lowest BCUT2D eigenvalue weighted by molar-refractivity contribution is 0.0176. The Morgan fingerprint density at radius 2 is 0.909 bits per heavy atom. The van der Waals surface area contributed by atoms with Gasteiger partial charge in [-0.1, -0.05) is 13.8 Å². The van der Waals surface area contributed by atoms with Crippen LogP contribution in [-0.4, -0.2) is 143 Å². The highest BCUT2D eigenvalue weighted by Crippen LogP contribution is 2.39. The van der Waals surface area contributed by atoms with Crippen LogP contribution >= 0.6 is 0 Å². The van der Waals surface area contributed by atoms with Crippen molar-refractivity contribution >= 4 is 0 Å². The Hall–Kier alpha value is -1.78. The minimum atomic E-state index is -0.205. The first kappa shape index (κ1) is 49.1. The molecule has 0 fully saturated rings. The zero-order chi connectivity index (χ0) is 34.1. The molecule has 3 N–H and O–H groups in total. The molecule has 0 aliphatic heterocycles. The van der Waals surface area contributed by atoms with Crippen molar-refractivity contribution in [2.75, 3.05) is 128 Å². The predicted octanol–water partition coefficient (Wildman–Crippen LogP) is 2.98. The number of ether oxygens (including phenoxy) is 10. The smallest absolute Gasteiger partial charge is 0.203 e. The van der Waals surface area contributed by atoms with Crippen molar-refractivity contribution in [3.8, 4) is 17.2 Å². The summed E-state index contributed by atoms with van der Waals surface area (Å²) in [6.07, 6.45) is 0. The van der Waals surface area contributed by atoms with Gasteiger partial charge in [-0.15, -0.1) is 0 Å². The normalized spacial score (nSPS) is 9.64. The molecule has 0 amide bonds. The molecular formula is C31H64O13. The molecule has 0 heterocycles. The Morgan fingerprint density at radius 3 is 1.25 bits per heavy atom. The van der Waals surface area contributed by atoms with Gasteiger partial charge in [-0.05, 0) is 38.5 Å². The summed E-state index contributed by atoms with van der Waals surface area (Å²) < 4.78 is 51.5. The Bertz CT molecular complexity index is 633. The third-order valence-electron chi connectivity index (χ3n) is 4.31. The number of aliphatic hydroxyl groups is 3. The predicted molar refractivity (Wildman–Crippen MR) is 171 cm³/mol. The Labute approximate surface area is 266 Å². The van der Waals surface area contributed by atoms with Crippen LogP contribution in [0.5, 0.6) is 17.2 Å². The van der Waals surface area contributed by atoms with E-state index in [2.05, 4.69) is 9.47 Å². The lowest BCUT2D eigenvalue weighted by Gasteiger charge is -2.18. The molecule has 0 radical (unpaired) electrons. The summed E-state index contributed by atoms with van der Waals surface area (Å²) >= 11 is 0. The summed E-state index contributed by atoms with van der Waals surface area (Å²) in [6, 6.07) is 3.29. The number of hydrogen-bond donors (Lipinski definition) is 3. The first-order valence-corrected chi connectivity index (χ1v) is 15.1. The van der Waals surface area contributed by atoms with Crippen LogP contribution < -0.4 is 14.2 Å². The molecule has 266 valence electrons. The molecule has 0 saturated heterocycles. The SMILES string of the molecule is CC.CCOC.CCOCC.COC.COCCOCCOCCOc1cc(CO)cc(OCCOCCO)c1OCCO. The molecule has 0 bridgehead atoms. The van der Waals surface area contributed by atoms with Crippen LogP contribution in [-0.2, 0) is 39.8 Å². The average molecular weight is 645 g/mol. The van der Waals surface area contributed by atoms with Crippen LogP contribution in [0.15, 0.2) is 12.1 Å². The van der Waals surface area contributed by atoms with Crippen molar-refractivity contribution in [1.29, 1.82) is 0 Å². The number of rotatable bonds is 23. The number of aliphatic hydroxyl groups excluding tert-OH is 3. The topological polar surface area (TPSA) is 153 Å². The second kappa shape index (κ2) is 45.6. The molecule has 0 atom stereocenters. The molecule has 0 aromatic heterocycles. The van der Waals surface area contributed by atoms with Gasteiger partial charge in [0.15, 0.2) is 11.5 Å². The van der Waals surface area contributed by atoms with Crippen molar-refractivity contribution < 1.29 is 62.7 Å². The van der Waals surface area contributed by atoms with Crippen LogP contribution in [0.2, 0.25) is 0 Å². The van der Waals surface area contributed by atoms with Crippen molar-refractivity contribution in [3.05, 3.63) is 17.7 Å². The van der Waals surface area contributed by atoms with E-state index >= 15 is 0 Å². The second-order valence-electron chi connectivity index (χ2n) is 7.67. The molecule has 0 saturated carbocycles. The molecule has 1 aromatic carbocycles. The molecule has 0 aliphatic carbocycles. The van der Waals surface area contributed by atoms with Gasteiger partial charge in [0.1, 0.15) is 19.8 Å². The fourth-order valence-corrected chi connectivity index (χ4v) is 2.48. The summed E-state index contributed by atoms with van der Waals surface area (Å²) in [5.41, 5.74) is 0.583. The van der Waals surface area contributed by atoms with E-state index in [4.69, 9.17) is 48.1 Å². The van der Waals surface area contributed by atoms with E-state index in [-0.39, 0.29) is 52.9 Å². The van der Waals surface area contributed by atoms with Gasteiger partial charge in [0.05, 0.1) is 66.1 Å². The van der Waals surface area contributed by atoms with E-state index in [0.29, 0.717) is 55.8 Å². The van der Waals surface area contributed by atoms with Crippen LogP contribution in [0, 0.1) is 0 Å². The van der Waals surface area contributed by atoms with Gasteiger partial charge in [-0.3, -0.25) is 0 Å². The molecule has 1 rings (SSSR count). The van der Waals surface area contributed by atoms with Gasteiger partial charge < -0.3 is 62.7 Å². The Balaban J connectivity index is -0.000000479. The maximum absolute atomic E-state index is 9.53. The molecule has 13 heteroatoms. The molecule has 13 nitrogen and oxygen atoms in total. The fraction of sp³-hybridized carbons (Fsp3) is 0.806. The van der Waals surface area contributed by atoms with E-state index in [1.807, 2.05) is 34.6 Å². The molecule has 0 spiro atoms. The third-order valence-corrected chi connectivity index (χ3v) is 4.31. The summed E-state index contributed by atoms with van der Waals surface area (Å²) in [6.45, 7) is 15.3. The summed E-state index contributed by atoms with van der Waals surface area (Å²) in [5.74, 6) is 1.07. The molecular weight excluding hydrogens is 580 g/mol. The van der Waals surface area contributed by atoms with Crippen molar-refractivity contribution in [1.82, 2.24) is 0 Å². The highest BCUT2D eigenvalue weighted by molar-refractivity contribution is 5.54. The van der Waals surface area contributed by atoms with Crippen LogP contribution in [0.4, 0.5) is 0 Å². The molecule has 0 aliphatic rings. The quantitative estimate of drug-likeness (QED) is 0.150. The van der Waals surface area contributed by atoms with Gasteiger partial charge in [0.2, 0.25) is 5.75 Å². The highest BCUT2D eigenvalue weighted by Gasteiger charge is 2.16. The molecule has 0 unspecified atom stereocenters. The van der Waals surface area contributed by atoms with E-state index in [1.54, 1.807) is 40.6 Å². The maximum Gasteiger partial charge on any atom is 0.203 e. The van der Waals surface area contributed by atoms with Gasteiger partial charge in [-0.25, -0.2) is 0 Å². The molecule has 1 aromatic rings. The van der Waals surface area contributed by atoms with E-state index in [0.717, 1.165) is 19.8 Å². The van der Waals surface area contributed by atoms with Crippen molar-refractivity contribution in [2.45, 2.75) is 41.2 Å². The third kappa shape index (κ3) is 36.4. The molecule has 44 heavy (non-hydrogen) atoms. The maximum atomic E-state index is 9.53. The second-order valence-corrected chi connectivity index (χ2v) is 7.67. The highest BCUT2D eigenvalue weighted by atomic mass is 16.6. The van der Waals surface area contributed by atoms with Gasteiger partial charge in [-0.2, -0.15) is 0 Å². The van der Waals surface area contributed by atoms with E-state index < -0.39 is 0 Å². The van der Waals surface area contributed by atoms with Crippen molar-refractivity contribution in [2.24, 2.45) is 0 Å². The average Bonchev–Trinajstić information content (AvgIpc) is 3.05. The Kier molecular flexibility index (Phi) is 50.9. The zero-order valence-electron chi connectivity index (χ0n) is 28.9. The number of hydrogen-bond acceptors (Lipinski definition) is 13. The largest absolute Gasteiger partial charge is 0.487 e. The summed E-state index contributed by atoms with van der Waals surface area (Å²) in [7, 11) is 6.54. The monoisotopic (exact) mass is 644 g/mol. The van der Waals surface area contributed by atoms with Crippen LogP contribution in [0.3, 0.4) is 0 Å². The zero-order valence-corrected chi connectivity index (χ0v) is 28.9. The van der Waals surface area contributed by atoms with Crippen LogP contribution in [0.25, 0.3) is 0 Å². The van der Waals surface area contributed by atoms with Crippen LogP contribution in [0.1, 0.15) is 40.2 Å². The standard InChI is InChI=1S/C20H34O10.C4H10O.C3H8O.C2H6O.C2H6/c1-24-6-7-26-8-9-27-11-13-29-19-15-17(16-23)14-18(20(19)30-5-3-22)28-12-10-25-4-2-21;1-3-5-4-2;1-3-4-2;1-3-2;1-2/h14-15,21-23H,2-13,16H2,1H3;3-4H2,1-2H3;3H2,1-2H3;1-2H3;1-2H3. The minimum Gasteiger partial charge on any atom is -0.487 e. The number of methoxy groups -OCH3 is 3.